The van der Waals surface area contributed by atoms with Crippen LogP contribution in [0.1, 0.15) is 21.5 Å². The van der Waals surface area contributed by atoms with Crippen LogP contribution in [0.3, 0.4) is 0 Å². The number of carboxylic acids is 1. The Morgan fingerprint density at radius 3 is 2.71 bits per heavy atom. The molecule has 0 unspecified atom stereocenters. The number of benzene rings is 2. The first kappa shape index (κ1) is 15.8. The van der Waals surface area contributed by atoms with Crippen molar-refractivity contribution in [1.29, 1.82) is 0 Å². The maximum absolute atomic E-state index is 12.4. The van der Waals surface area contributed by atoms with E-state index in [1.807, 2.05) is 30.3 Å². The number of Topliss-reactive ketones (excluding diaryl/α,β-unsaturated/α-hetero) is 1. The van der Waals surface area contributed by atoms with Crippen LogP contribution < -0.4 is 9.47 Å². The molecular weight excluding hydrogens is 308 g/mol. The van der Waals surface area contributed by atoms with Crippen LogP contribution in [0.4, 0.5) is 0 Å². The molecule has 2 aromatic rings. The smallest absolute Gasteiger partial charge is 0.341 e. The number of ketones is 1. The highest BCUT2D eigenvalue weighted by Crippen LogP contribution is 2.31. The summed E-state index contributed by atoms with van der Waals surface area (Å²) in [6, 6.07) is 12.7. The molecule has 5 nitrogen and oxygen atoms in total. The Labute approximate surface area is 139 Å². The molecule has 0 saturated heterocycles. The minimum Gasteiger partial charge on any atom is -0.493 e. The Bertz CT molecular complexity index is 835. The zero-order valence-electron chi connectivity index (χ0n) is 13.1. The van der Waals surface area contributed by atoms with Gasteiger partial charge in [0.15, 0.2) is 23.9 Å². The molecule has 0 atom stereocenters. The summed E-state index contributed by atoms with van der Waals surface area (Å²) in [5.41, 5.74) is 3.29. The van der Waals surface area contributed by atoms with Crippen molar-refractivity contribution in [2.24, 2.45) is 0 Å². The molecule has 0 saturated carbocycles. The summed E-state index contributed by atoms with van der Waals surface area (Å²) in [6.45, 7) is -0.440. The van der Waals surface area contributed by atoms with E-state index in [9.17, 15) is 9.59 Å². The number of rotatable bonds is 5. The third kappa shape index (κ3) is 3.15. The number of allylic oxidation sites excluding steroid dienone is 1. The number of carbonyl (C=O) groups excluding carboxylic acids is 1. The van der Waals surface area contributed by atoms with Crippen molar-refractivity contribution in [1.82, 2.24) is 0 Å². The van der Waals surface area contributed by atoms with E-state index < -0.39 is 12.6 Å². The normalized spacial score (nSPS) is 14.5. The van der Waals surface area contributed by atoms with E-state index in [1.54, 1.807) is 18.2 Å². The quantitative estimate of drug-likeness (QED) is 0.856. The van der Waals surface area contributed by atoms with E-state index in [0.29, 0.717) is 17.9 Å². The summed E-state index contributed by atoms with van der Waals surface area (Å²) in [7, 11) is 1.48. The zero-order chi connectivity index (χ0) is 17.1. The highest BCUT2D eigenvalue weighted by Gasteiger charge is 2.24. The second-order valence-corrected chi connectivity index (χ2v) is 5.43. The van der Waals surface area contributed by atoms with Crippen LogP contribution >= 0.6 is 0 Å². The molecule has 0 fully saturated rings. The molecule has 3 rings (SSSR count). The van der Waals surface area contributed by atoms with Crippen LogP contribution in [0.5, 0.6) is 11.5 Å². The largest absolute Gasteiger partial charge is 0.493 e. The zero-order valence-corrected chi connectivity index (χ0v) is 13.1. The highest BCUT2D eigenvalue weighted by atomic mass is 16.5. The Kier molecular flexibility index (Phi) is 4.33. The number of methoxy groups -OCH3 is 1. The topological polar surface area (TPSA) is 72.8 Å². The van der Waals surface area contributed by atoms with Crippen molar-refractivity contribution in [3.05, 3.63) is 64.7 Å². The summed E-state index contributed by atoms with van der Waals surface area (Å²) < 4.78 is 10.4. The van der Waals surface area contributed by atoms with E-state index in [1.165, 1.54) is 7.11 Å². The first-order valence-corrected chi connectivity index (χ1v) is 7.44. The van der Waals surface area contributed by atoms with Gasteiger partial charge < -0.3 is 14.6 Å². The maximum atomic E-state index is 12.4. The van der Waals surface area contributed by atoms with E-state index in [-0.39, 0.29) is 5.78 Å². The number of aliphatic carboxylic acids is 1. The molecule has 1 aliphatic rings. The van der Waals surface area contributed by atoms with Gasteiger partial charge in [0, 0.05) is 17.6 Å². The number of hydrogen-bond acceptors (Lipinski definition) is 4. The molecule has 0 aliphatic heterocycles. The summed E-state index contributed by atoms with van der Waals surface area (Å²) in [4.78, 5) is 23.0. The van der Waals surface area contributed by atoms with Crippen LogP contribution in [-0.4, -0.2) is 30.6 Å². The standard InChI is InChI=1S/C19H16O5/c1-23-17-9-12(6-7-16(17)24-11-18(20)21)8-14-10-13-4-2-3-5-15(13)19(14)22/h2-9H,10-11H2,1H3,(H,20,21)/b14-8-. The van der Waals surface area contributed by atoms with Gasteiger partial charge in [-0.05, 0) is 29.3 Å². The van der Waals surface area contributed by atoms with E-state index >= 15 is 0 Å². The molecular formula is C19H16O5. The molecule has 0 aromatic heterocycles. The van der Waals surface area contributed by atoms with Crippen LogP contribution in [0.2, 0.25) is 0 Å². The van der Waals surface area contributed by atoms with Gasteiger partial charge in [-0.25, -0.2) is 4.79 Å². The summed E-state index contributed by atoms with van der Waals surface area (Å²) in [5, 5.41) is 8.68. The van der Waals surface area contributed by atoms with Crippen LogP contribution in [0, 0.1) is 0 Å². The average molecular weight is 324 g/mol. The fourth-order valence-corrected chi connectivity index (χ4v) is 2.70. The molecule has 0 spiro atoms. The van der Waals surface area contributed by atoms with Crippen molar-refractivity contribution < 1.29 is 24.2 Å². The number of fused-ring (bicyclic) bond motifs is 1. The molecule has 1 N–H and O–H groups in total. The summed E-state index contributed by atoms with van der Waals surface area (Å²) >= 11 is 0. The van der Waals surface area contributed by atoms with Crippen molar-refractivity contribution in [2.75, 3.05) is 13.7 Å². The molecule has 0 heterocycles. The monoisotopic (exact) mass is 324 g/mol. The van der Waals surface area contributed by atoms with Gasteiger partial charge in [0.2, 0.25) is 0 Å². The Balaban J connectivity index is 1.86. The van der Waals surface area contributed by atoms with Gasteiger partial charge in [-0.1, -0.05) is 30.3 Å². The summed E-state index contributed by atoms with van der Waals surface area (Å²) in [5.74, 6) is -0.245. The van der Waals surface area contributed by atoms with Crippen molar-refractivity contribution >= 4 is 17.8 Å². The molecule has 5 heteroatoms. The molecule has 1 aliphatic carbocycles. The van der Waals surface area contributed by atoms with Crippen molar-refractivity contribution in [3.8, 4) is 11.5 Å². The van der Waals surface area contributed by atoms with Crippen LogP contribution in [-0.2, 0) is 11.2 Å². The molecule has 0 radical (unpaired) electrons. The van der Waals surface area contributed by atoms with Gasteiger partial charge in [-0.15, -0.1) is 0 Å². The average Bonchev–Trinajstić information content (AvgIpc) is 2.89. The fraction of sp³-hybridized carbons (Fsp3) is 0.158. The number of carboxylic acid groups (broad SMARTS) is 1. The maximum Gasteiger partial charge on any atom is 0.341 e. The Morgan fingerprint density at radius 2 is 2.00 bits per heavy atom. The predicted molar refractivity (Wildman–Crippen MR) is 88.6 cm³/mol. The Morgan fingerprint density at radius 1 is 1.21 bits per heavy atom. The second-order valence-electron chi connectivity index (χ2n) is 5.43. The van der Waals surface area contributed by atoms with Gasteiger partial charge in [0.05, 0.1) is 7.11 Å². The summed E-state index contributed by atoms with van der Waals surface area (Å²) in [6.07, 6.45) is 2.43. The van der Waals surface area contributed by atoms with E-state index in [2.05, 4.69) is 0 Å². The van der Waals surface area contributed by atoms with Gasteiger partial charge in [-0.2, -0.15) is 0 Å². The van der Waals surface area contributed by atoms with Crippen molar-refractivity contribution in [2.45, 2.75) is 6.42 Å². The van der Waals surface area contributed by atoms with E-state index in [4.69, 9.17) is 14.6 Å². The first-order valence-electron chi connectivity index (χ1n) is 7.44. The lowest BCUT2D eigenvalue weighted by Crippen LogP contribution is -2.10. The molecule has 2 aromatic carbocycles. The predicted octanol–water partition coefficient (Wildman–Crippen LogP) is 2.98. The number of ether oxygens (including phenoxy) is 2. The third-order valence-electron chi connectivity index (χ3n) is 3.81. The fourth-order valence-electron chi connectivity index (χ4n) is 2.70. The third-order valence-corrected chi connectivity index (χ3v) is 3.81. The molecule has 122 valence electrons. The van der Waals surface area contributed by atoms with Gasteiger partial charge >= 0.3 is 5.97 Å². The molecule has 0 amide bonds. The van der Waals surface area contributed by atoms with E-state index in [0.717, 1.165) is 22.3 Å². The lowest BCUT2D eigenvalue weighted by atomic mass is 10.1. The number of carbonyl (C=O) groups is 2. The highest BCUT2D eigenvalue weighted by molar-refractivity contribution is 6.15. The molecule has 0 bridgehead atoms. The lowest BCUT2D eigenvalue weighted by Gasteiger charge is -2.10. The van der Waals surface area contributed by atoms with Crippen molar-refractivity contribution in [3.63, 3.8) is 0 Å². The first-order chi connectivity index (χ1) is 11.6. The minimum absolute atomic E-state index is 0.0378. The van der Waals surface area contributed by atoms with Crippen LogP contribution in [0.25, 0.3) is 6.08 Å². The molecule has 24 heavy (non-hydrogen) atoms. The van der Waals surface area contributed by atoms with Gasteiger partial charge in [0.25, 0.3) is 0 Å². The van der Waals surface area contributed by atoms with Gasteiger partial charge in [-0.3, -0.25) is 4.79 Å². The second kappa shape index (κ2) is 6.58. The Hall–Kier alpha value is -3.08. The van der Waals surface area contributed by atoms with Crippen LogP contribution in [0.15, 0.2) is 48.0 Å². The SMILES string of the molecule is COc1cc(/C=C2/Cc3ccccc3C2=O)ccc1OCC(=O)O. The minimum atomic E-state index is -1.06. The lowest BCUT2D eigenvalue weighted by molar-refractivity contribution is -0.139. The van der Waals surface area contributed by atoms with Gasteiger partial charge in [0.1, 0.15) is 0 Å². The number of hydrogen-bond donors (Lipinski definition) is 1.